The number of piperazine rings is 1. The first kappa shape index (κ1) is 12.4. The summed E-state index contributed by atoms with van der Waals surface area (Å²) in [6.07, 6.45) is 0. The summed E-state index contributed by atoms with van der Waals surface area (Å²) < 4.78 is 7.43. The minimum atomic E-state index is 0.860. The van der Waals surface area contributed by atoms with E-state index in [1.54, 1.807) is 7.11 Å². The second kappa shape index (κ2) is 5.19. The molecule has 102 valence electrons. The second-order valence-electron chi connectivity index (χ2n) is 4.97. The molecule has 1 fully saturated rings. The van der Waals surface area contributed by atoms with E-state index in [1.165, 1.54) is 0 Å². The van der Waals surface area contributed by atoms with E-state index in [0.717, 1.165) is 55.3 Å². The molecule has 0 spiro atoms. The molecule has 2 heterocycles. The van der Waals surface area contributed by atoms with E-state index in [-0.39, 0.29) is 0 Å². The van der Waals surface area contributed by atoms with Gasteiger partial charge in [0.25, 0.3) is 0 Å². The Labute approximate surface area is 113 Å². The third-order valence-electron chi connectivity index (χ3n) is 3.76. The lowest BCUT2D eigenvalue weighted by molar-refractivity contribution is 0.226. The van der Waals surface area contributed by atoms with Gasteiger partial charge in [-0.05, 0) is 12.1 Å². The lowest BCUT2D eigenvalue weighted by Crippen LogP contribution is -2.43. The van der Waals surface area contributed by atoms with Gasteiger partial charge in [-0.2, -0.15) is 0 Å². The molecule has 0 atom stereocenters. The molecule has 0 radical (unpaired) electrons. The average molecular weight is 260 g/mol. The number of ether oxygens (including phenoxy) is 1. The SMILES string of the molecule is COc1ccc2c(c1)nc(CN1CCNCC1)n2C. The molecule has 5 heteroatoms. The van der Waals surface area contributed by atoms with Crippen molar-refractivity contribution in [3.63, 3.8) is 0 Å². The number of hydrogen-bond donors (Lipinski definition) is 1. The number of nitrogens with zero attached hydrogens (tertiary/aromatic N) is 3. The van der Waals surface area contributed by atoms with Gasteiger partial charge in [0.05, 0.1) is 24.7 Å². The Balaban J connectivity index is 1.88. The Hall–Kier alpha value is -1.59. The van der Waals surface area contributed by atoms with E-state index >= 15 is 0 Å². The monoisotopic (exact) mass is 260 g/mol. The molecule has 1 aromatic heterocycles. The Kier molecular flexibility index (Phi) is 3.40. The van der Waals surface area contributed by atoms with Gasteiger partial charge in [0.2, 0.25) is 0 Å². The Bertz CT molecular complexity index is 572. The Morgan fingerprint density at radius 1 is 1.32 bits per heavy atom. The largest absolute Gasteiger partial charge is 0.497 e. The van der Waals surface area contributed by atoms with E-state index in [0.29, 0.717) is 0 Å². The summed E-state index contributed by atoms with van der Waals surface area (Å²) in [4.78, 5) is 7.18. The van der Waals surface area contributed by atoms with E-state index in [4.69, 9.17) is 9.72 Å². The number of imidazole rings is 1. The minimum Gasteiger partial charge on any atom is -0.497 e. The van der Waals surface area contributed by atoms with Crippen molar-refractivity contribution in [1.82, 2.24) is 19.8 Å². The van der Waals surface area contributed by atoms with Crippen LogP contribution in [0.3, 0.4) is 0 Å². The molecule has 2 aromatic rings. The molecule has 0 saturated carbocycles. The molecular weight excluding hydrogens is 240 g/mol. The van der Waals surface area contributed by atoms with Crippen LogP contribution in [0.15, 0.2) is 18.2 Å². The number of fused-ring (bicyclic) bond motifs is 1. The third kappa shape index (κ3) is 2.43. The molecule has 5 nitrogen and oxygen atoms in total. The molecule has 19 heavy (non-hydrogen) atoms. The highest BCUT2D eigenvalue weighted by molar-refractivity contribution is 5.77. The van der Waals surface area contributed by atoms with E-state index < -0.39 is 0 Å². The Morgan fingerprint density at radius 3 is 2.84 bits per heavy atom. The van der Waals surface area contributed by atoms with Gasteiger partial charge in [-0.1, -0.05) is 0 Å². The van der Waals surface area contributed by atoms with Crippen molar-refractivity contribution < 1.29 is 4.74 Å². The van der Waals surface area contributed by atoms with Crippen LogP contribution in [-0.2, 0) is 13.6 Å². The van der Waals surface area contributed by atoms with Gasteiger partial charge in [-0.15, -0.1) is 0 Å². The normalized spacial score (nSPS) is 16.9. The van der Waals surface area contributed by atoms with Gasteiger partial charge < -0.3 is 14.6 Å². The van der Waals surface area contributed by atoms with Crippen LogP contribution in [0, 0.1) is 0 Å². The average Bonchev–Trinajstić information content (AvgIpc) is 2.76. The first-order valence-corrected chi connectivity index (χ1v) is 6.70. The summed E-state index contributed by atoms with van der Waals surface area (Å²) >= 11 is 0. The molecule has 3 rings (SSSR count). The first-order valence-electron chi connectivity index (χ1n) is 6.70. The van der Waals surface area contributed by atoms with Crippen molar-refractivity contribution in [2.24, 2.45) is 7.05 Å². The van der Waals surface area contributed by atoms with Crippen LogP contribution >= 0.6 is 0 Å². The number of hydrogen-bond acceptors (Lipinski definition) is 4. The van der Waals surface area contributed by atoms with Crippen LogP contribution < -0.4 is 10.1 Å². The number of nitrogens with one attached hydrogen (secondary N) is 1. The van der Waals surface area contributed by atoms with Crippen LogP contribution in [0.1, 0.15) is 5.82 Å². The summed E-state index contributed by atoms with van der Waals surface area (Å²) in [6.45, 7) is 5.23. The summed E-state index contributed by atoms with van der Waals surface area (Å²) in [5.74, 6) is 1.98. The molecule has 0 amide bonds. The number of methoxy groups -OCH3 is 1. The molecule has 1 saturated heterocycles. The maximum atomic E-state index is 5.25. The number of aromatic nitrogens is 2. The first-order chi connectivity index (χ1) is 9.28. The van der Waals surface area contributed by atoms with Crippen molar-refractivity contribution >= 4 is 11.0 Å². The fourth-order valence-corrected chi connectivity index (χ4v) is 2.57. The highest BCUT2D eigenvalue weighted by Gasteiger charge is 2.14. The molecule has 0 aliphatic carbocycles. The highest BCUT2D eigenvalue weighted by atomic mass is 16.5. The summed E-state index contributed by atoms with van der Waals surface area (Å²) in [7, 11) is 3.77. The molecule has 1 aliphatic rings. The zero-order chi connectivity index (χ0) is 13.2. The smallest absolute Gasteiger partial charge is 0.123 e. The van der Waals surface area contributed by atoms with Crippen LogP contribution in [0.2, 0.25) is 0 Å². The van der Waals surface area contributed by atoms with Crippen molar-refractivity contribution in [1.29, 1.82) is 0 Å². The van der Waals surface area contributed by atoms with Crippen molar-refractivity contribution in [3.8, 4) is 5.75 Å². The number of aryl methyl sites for hydroxylation is 1. The zero-order valence-corrected chi connectivity index (χ0v) is 11.5. The standard InChI is InChI=1S/C14H20N4O/c1-17-13-4-3-11(19-2)9-12(13)16-14(17)10-18-7-5-15-6-8-18/h3-4,9,15H,5-8,10H2,1-2H3. The lowest BCUT2D eigenvalue weighted by atomic mass is 10.3. The van der Waals surface area contributed by atoms with Gasteiger partial charge in [0, 0.05) is 39.3 Å². The molecule has 1 N–H and O–H groups in total. The predicted molar refractivity (Wildman–Crippen MR) is 75.4 cm³/mol. The van der Waals surface area contributed by atoms with Crippen LogP contribution in [0.5, 0.6) is 5.75 Å². The van der Waals surface area contributed by atoms with E-state index in [2.05, 4.69) is 27.9 Å². The van der Waals surface area contributed by atoms with Crippen LogP contribution in [0.4, 0.5) is 0 Å². The van der Waals surface area contributed by atoms with Crippen LogP contribution in [0.25, 0.3) is 11.0 Å². The maximum absolute atomic E-state index is 5.25. The van der Waals surface area contributed by atoms with Crippen LogP contribution in [-0.4, -0.2) is 47.7 Å². The Morgan fingerprint density at radius 2 is 2.11 bits per heavy atom. The number of benzene rings is 1. The molecule has 1 aliphatic heterocycles. The van der Waals surface area contributed by atoms with Gasteiger partial charge in [0.1, 0.15) is 11.6 Å². The molecule has 0 bridgehead atoms. The van der Waals surface area contributed by atoms with Gasteiger partial charge in [-0.25, -0.2) is 4.98 Å². The van der Waals surface area contributed by atoms with Crippen molar-refractivity contribution in [2.45, 2.75) is 6.54 Å². The maximum Gasteiger partial charge on any atom is 0.123 e. The minimum absolute atomic E-state index is 0.860. The summed E-state index contributed by atoms with van der Waals surface area (Å²) in [6, 6.07) is 6.05. The van der Waals surface area contributed by atoms with Crippen molar-refractivity contribution in [2.75, 3.05) is 33.3 Å². The lowest BCUT2D eigenvalue weighted by Gasteiger charge is -2.26. The van der Waals surface area contributed by atoms with Gasteiger partial charge in [0.15, 0.2) is 0 Å². The van der Waals surface area contributed by atoms with E-state index in [9.17, 15) is 0 Å². The summed E-state index contributed by atoms with van der Waals surface area (Å²) in [5, 5.41) is 3.37. The quantitative estimate of drug-likeness (QED) is 0.893. The topological polar surface area (TPSA) is 42.3 Å². The third-order valence-corrected chi connectivity index (χ3v) is 3.76. The van der Waals surface area contributed by atoms with Gasteiger partial charge in [-0.3, -0.25) is 4.90 Å². The van der Waals surface area contributed by atoms with Gasteiger partial charge >= 0.3 is 0 Å². The molecular formula is C14H20N4O. The fourth-order valence-electron chi connectivity index (χ4n) is 2.57. The van der Waals surface area contributed by atoms with Crippen molar-refractivity contribution in [3.05, 3.63) is 24.0 Å². The molecule has 1 aromatic carbocycles. The zero-order valence-electron chi connectivity index (χ0n) is 11.5. The van der Waals surface area contributed by atoms with E-state index in [1.807, 2.05) is 12.1 Å². The fraction of sp³-hybridized carbons (Fsp3) is 0.500. The predicted octanol–water partition coefficient (Wildman–Crippen LogP) is 0.987. The highest BCUT2D eigenvalue weighted by Crippen LogP contribution is 2.21. The second-order valence-corrected chi connectivity index (χ2v) is 4.97. The molecule has 0 unspecified atom stereocenters. The number of rotatable bonds is 3. The summed E-state index contributed by atoms with van der Waals surface area (Å²) in [5.41, 5.74) is 2.16.